The van der Waals surface area contributed by atoms with Gasteiger partial charge in [-0.25, -0.2) is 4.98 Å². The maximum absolute atomic E-state index is 10.5. The molecule has 1 N–H and O–H groups in total. The number of carboxylic acids is 1. The third-order valence-electron chi connectivity index (χ3n) is 2.75. The molecule has 1 aromatic heterocycles. The molecule has 2 rings (SSSR count). The summed E-state index contributed by atoms with van der Waals surface area (Å²) in [7, 11) is 0. The smallest absolute Gasteiger partial charge is 0.303 e. The van der Waals surface area contributed by atoms with E-state index in [-0.39, 0.29) is 6.42 Å². The van der Waals surface area contributed by atoms with Crippen molar-refractivity contribution in [1.29, 1.82) is 0 Å². The zero-order valence-corrected chi connectivity index (χ0v) is 10.6. The fourth-order valence-corrected chi connectivity index (χ4v) is 2.78. The van der Waals surface area contributed by atoms with E-state index in [1.165, 1.54) is 0 Å². The van der Waals surface area contributed by atoms with E-state index in [1.807, 2.05) is 5.38 Å². The Morgan fingerprint density at radius 3 is 3.29 bits per heavy atom. The third kappa shape index (κ3) is 3.17. The number of aryl methyl sites for hydroxylation is 1. The molecule has 6 heteroatoms. The molecular weight excluding hydrogens is 240 g/mol. The third-order valence-corrected chi connectivity index (χ3v) is 3.67. The lowest BCUT2D eigenvalue weighted by Gasteiger charge is -2.32. The Hall–Kier alpha value is -1.14. The van der Waals surface area contributed by atoms with Crippen molar-refractivity contribution in [2.24, 2.45) is 0 Å². The number of nitrogens with zero attached hydrogens (tertiary/aromatic N) is 2. The summed E-state index contributed by atoms with van der Waals surface area (Å²) in [6.07, 6.45) is 0.645. The number of ether oxygens (including phenoxy) is 1. The van der Waals surface area contributed by atoms with Crippen LogP contribution >= 0.6 is 11.3 Å². The predicted octanol–water partition coefficient (Wildman–Crippen LogP) is 1.39. The molecule has 0 saturated carbocycles. The van der Waals surface area contributed by atoms with E-state index in [9.17, 15) is 4.79 Å². The van der Waals surface area contributed by atoms with Gasteiger partial charge in [0.05, 0.1) is 31.4 Å². The Bertz CT molecular complexity index is 394. The van der Waals surface area contributed by atoms with Gasteiger partial charge < -0.3 is 14.7 Å². The highest BCUT2D eigenvalue weighted by Gasteiger charge is 2.21. The van der Waals surface area contributed by atoms with Gasteiger partial charge in [-0.15, -0.1) is 11.3 Å². The van der Waals surface area contributed by atoms with Gasteiger partial charge in [-0.2, -0.15) is 0 Å². The number of morpholine rings is 1. The fourth-order valence-electron chi connectivity index (χ4n) is 1.79. The number of aliphatic carboxylic acids is 1. The molecule has 1 unspecified atom stereocenters. The summed E-state index contributed by atoms with van der Waals surface area (Å²) in [5, 5.41) is 11.5. The molecule has 0 aliphatic carbocycles. The van der Waals surface area contributed by atoms with Gasteiger partial charge in [-0.1, -0.05) is 0 Å². The van der Waals surface area contributed by atoms with Crippen LogP contribution in [-0.4, -0.2) is 41.9 Å². The van der Waals surface area contributed by atoms with Crippen molar-refractivity contribution in [3.63, 3.8) is 0 Å². The van der Waals surface area contributed by atoms with Gasteiger partial charge in [0, 0.05) is 18.3 Å². The first-order valence-corrected chi connectivity index (χ1v) is 6.55. The van der Waals surface area contributed by atoms with Gasteiger partial charge >= 0.3 is 5.97 Å². The van der Waals surface area contributed by atoms with Crippen LogP contribution in [0.5, 0.6) is 0 Å². The number of carbonyl (C=O) groups is 1. The number of hydrogen-bond acceptors (Lipinski definition) is 5. The quantitative estimate of drug-likeness (QED) is 0.882. The van der Waals surface area contributed by atoms with Gasteiger partial charge in [0.15, 0.2) is 5.13 Å². The van der Waals surface area contributed by atoms with Crippen LogP contribution in [0.15, 0.2) is 5.38 Å². The van der Waals surface area contributed by atoms with Gasteiger partial charge in [-0.05, 0) is 6.92 Å². The van der Waals surface area contributed by atoms with Crippen LogP contribution in [-0.2, 0) is 16.0 Å². The molecule has 0 aromatic carbocycles. The van der Waals surface area contributed by atoms with Gasteiger partial charge in [0.1, 0.15) is 0 Å². The van der Waals surface area contributed by atoms with Gasteiger partial charge in [0.25, 0.3) is 0 Å². The molecule has 1 aromatic rings. The number of anilines is 1. The minimum absolute atomic E-state index is 0.141. The van der Waals surface area contributed by atoms with Crippen molar-refractivity contribution in [3.05, 3.63) is 11.1 Å². The highest BCUT2D eigenvalue weighted by atomic mass is 32.1. The first-order chi connectivity index (χ1) is 8.16. The first kappa shape index (κ1) is 12.3. The summed E-state index contributed by atoms with van der Waals surface area (Å²) in [4.78, 5) is 17.2. The Kier molecular flexibility index (Phi) is 3.96. The maximum Gasteiger partial charge on any atom is 0.303 e. The van der Waals surface area contributed by atoms with E-state index >= 15 is 0 Å². The van der Waals surface area contributed by atoms with Crippen LogP contribution in [0.2, 0.25) is 0 Å². The SMILES string of the molecule is CC1COCCN1c1nc(CCC(=O)O)cs1. The van der Waals surface area contributed by atoms with Crippen molar-refractivity contribution in [2.45, 2.75) is 25.8 Å². The van der Waals surface area contributed by atoms with Gasteiger partial charge in [-0.3, -0.25) is 4.79 Å². The lowest BCUT2D eigenvalue weighted by molar-refractivity contribution is -0.136. The molecule has 0 amide bonds. The molecule has 0 radical (unpaired) electrons. The number of carboxylic acid groups (broad SMARTS) is 1. The molecule has 1 fully saturated rings. The van der Waals surface area contributed by atoms with Crippen molar-refractivity contribution in [1.82, 2.24) is 4.98 Å². The Balaban J connectivity index is 1.99. The second kappa shape index (κ2) is 5.46. The molecule has 17 heavy (non-hydrogen) atoms. The largest absolute Gasteiger partial charge is 0.481 e. The molecule has 0 spiro atoms. The first-order valence-electron chi connectivity index (χ1n) is 5.67. The fraction of sp³-hybridized carbons (Fsp3) is 0.636. The average Bonchev–Trinajstić information content (AvgIpc) is 2.75. The molecule has 2 heterocycles. The molecule has 1 atom stereocenters. The van der Waals surface area contributed by atoms with Crippen molar-refractivity contribution in [2.75, 3.05) is 24.7 Å². The molecular formula is C11H16N2O3S. The summed E-state index contributed by atoms with van der Waals surface area (Å²) in [5.41, 5.74) is 0.867. The standard InChI is InChI=1S/C11H16N2O3S/c1-8-6-16-5-4-13(8)11-12-9(7-17-11)2-3-10(14)15/h7-8H,2-6H2,1H3,(H,14,15). The summed E-state index contributed by atoms with van der Waals surface area (Å²) in [6, 6.07) is 0.335. The molecule has 1 aliphatic rings. The van der Waals surface area contributed by atoms with Crippen LogP contribution in [0.1, 0.15) is 19.0 Å². The summed E-state index contributed by atoms with van der Waals surface area (Å²) >= 11 is 1.58. The summed E-state index contributed by atoms with van der Waals surface area (Å²) < 4.78 is 5.38. The highest BCUT2D eigenvalue weighted by molar-refractivity contribution is 7.13. The zero-order valence-electron chi connectivity index (χ0n) is 9.76. The van der Waals surface area contributed by atoms with Gasteiger partial charge in [0.2, 0.25) is 0 Å². The average molecular weight is 256 g/mol. The second-order valence-corrected chi connectivity index (χ2v) is 4.97. The van der Waals surface area contributed by atoms with Crippen molar-refractivity contribution in [3.8, 4) is 0 Å². The van der Waals surface area contributed by atoms with Crippen LogP contribution in [0.4, 0.5) is 5.13 Å². The van der Waals surface area contributed by atoms with Crippen molar-refractivity contribution < 1.29 is 14.6 Å². The maximum atomic E-state index is 10.5. The Morgan fingerprint density at radius 2 is 2.59 bits per heavy atom. The van der Waals surface area contributed by atoms with E-state index in [2.05, 4.69) is 16.8 Å². The number of aromatic nitrogens is 1. The summed E-state index contributed by atoms with van der Waals surface area (Å²) in [6.45, 7) is 4.42. The molecule has 0 bridgehead atoms. The number of hydrogen-bond donors (Lipinski definition) is 1. The monoisotopic (exact) mass is 256 g/mol. The van der Waals surface area contributed by atoms with E-state index in [0.29, 0.717) is 12.5 Å². The molecule has 1 saturated heterocycles. The van der Waals surface area contributed by atoms with Crippen LogP contribution < -0.4 is 4.90 Å². The zero-order chi connectivity index (χ0) is 12.3. The Morgan fingerprint density at radius 1 is 1.76 bits per heavy atom. The lowest BCUT2D eigenvalue weighted by Crippen LogP contribution is -2.43. The number of thiazole rings is 1. The van der Waals surface area contributed by atoms with E-state index in [4.69, 9.17) is 9.84 Å². The minimum Gasteiger partial charge on any atom is -0.481 e. The second-order valence-electron chi connectivity index (χ2n) is 4.13. The molecule has 5 nitrogen and oxygen atoms in total. The number of rotatable bonds is 4. The van der Waals surface area contributed by atoms with E-state index in [0.717, 1.165) is 30.6 Å². The van der Waals surface area contributed by atoms with Crippen LogP contribution in [0.25, 0.3) is 0 Å². The van der Waals surface area contributed by atoms with Crippen LogP contribution in [0.3, 0.4) is 0 Å². The minimum atomic E-state index is -0.778. The van der Waals surface area contributed by atoms with E-state index in [1.54, 1.807) is 11.3 Å². The van der Waals surface area contributed by atoms with Crippen molar-refractivity contribution >= 4 is 22.4 Å². The predicted molar refractivity (Wildman–Crippen MR) is 65.7 cm³/mol. The van der Waals surface area contributed by atoms with E-state index < -0.39 is 5.97 Å². The Labute approximate surface area is 104 Å². The van der Waals surface area contributed by atoms with Crippen LogP contribution in [0, 0.1) is 0 Å². The lowest BCUT2D eigenvalue weighted by atomic mass is 10.2. The topological polar surface area (TPSA) is 62.7 Å². The molecule has 94 valence electrons. The summed E-state index contributed by atoms with van der Waals surface area (Å²) in [5.74, 6) is -0.778. The highest BCUT2D eigenvalue weighted by Crippen LogP contribution is 2.24. The molecule has 1 aliphatic heterocycles. The normalized spacial score (nSPS) is 20.5.